The van der Waals surface area contributed by atoms with Gasteiger partial charge in [0.2, 0.25) is 0 Å². The average molecular weight is 496 g/mol. The number of thiophene rings is 1. The third-order valence-corrected chi connectivity index (χ3v) is 5.73. The van der Waals surface area contributed by atoms with Gasteiger partial charge in [0.25, 0.3) is 11.7 Å². The number of rotatable bonds is 3. The van der Waals surface area contributed by atoms with Crippen molar-refractivity contribution in [2.45, 2.75) is 18.4 Å². The summed E-state index contributed by atoms with van der Waals surface area (Å²) >= 11 is 0.593. The van der Waals surface area contributed by atoms with Crippen molar-refractivity contribution in [1.82, 2.24) is 9.80 Å². The van der Waals surface area contributed by atoms with Crippen LogP contribution in [0.2, 0.25) is 0 Å². The Morgan fingerprint density at radius 1 is 0.909 bits per heavy atom. The molecule has 1 atom stereocenters. The van der Waals surface area contributed by atoms with Gasteiger partial charge in [-0.3, -0.25) is 14.5 Å². The summed E-state index contributed by atoms with van der Waals surface area (Å²) in [5, 5.41) is 7.12. The molecule has 1 aliphatic heterocycles. The highest BCUT2D eigenvalue weighted by molar-refractivity contribution is 7.16. The number of piperazine rings is 1. The zero-order valence-electron chi connectivity index (χ0n) is 17.0. The highest BCUT2D eigenvalue weighted by Crippen LogP contribution is 2.29. The van der Waals surface area contributed by atoms with E-state index in [-0.39, 0.29) is 16.8 Å². The maximum absolute atomic E-state index is 12.7. The lowest BCUT2D eigenvalue weighted by Gasteiger charge is -2.39. The van der Waals surface area contributed by atoms with Gasteiger partial charge in [0.15, 0.2) is 0 Å². The number of likely N-dealkylation sites (N-methyl/N-ethyl adjacent to an activating group) is 1. The number of aliphatic carboxylic acids is 1. The van der Waals surface area contributed by atoms with Crippen LogP contribution >= 0.6 is 11.3 Å². The predicted octanol–water partition coefficient (Wildman–Crippen LogP) is 4.26. The van der Waals surface area contributed by atoms with Gasteiger partial charge in [0.1, 0.15) is 0 Å². The van der Waals surface area contributed by atoms with Gasteiger partial charge in [-0.25, -0.2) is 4.79 Å². The van der Waals surface area contributed by atoms with Crippen molar-refractivity contribution in [2.24, 2.45) is 0 Å². The van der Waals surface area contributed by atoms with Gasteiger partial charge >= 0.3 is 18.3 Å². The Labute approximate surface area is 188 Å². The molecule has 0 spiro atoms. The fourth-order valence-electron chi connectivity index (χ4n) is 2.96. The average Bonchev–Trinajstić information content (AvgIpc) is 3.23. The number of hydrogen-bond acceptors (Lipinski definition) is 5. The molecule has 0 radical (unpaired) electrons. The number of alkyl halides is 6. The molecule has 1 saturated heterocycles. The minimum Gasteiger partial charge on any atom is -0.475 e. The van der Waals surface area contributed by atoms with Crippen molar-refractivity contribution in [2.75, 3.05) is 26.7 Å². The zero-order chi connectivity index (χ0) is 25.0. The number of Topliss-reactive ketones (excluding diaryl/α,β-unsaturated/α-hetero) is 1. The fraction of sp³-hybridized carbons (Fsp3) is 0.350. The van der Waals surface area contributed by atoms with Crippen molar-refractivity contribution in [3.8, 4) is 0 Å². The summed E-state index contributed by atoms with van der Waals surface area (Å²) in [4.78, 5) is 36.4. The minimum absolute atomic E-state index is 0.0186. The van der Waals surface area contributed by atoms with Crippen molar-refractivity contribution in [1.29, 1.82) is 0 Å². The van der Waals surface area contributed by atoms with Crippen LogP contribution in [0, 0.1) is 0 Å². The first-order chi connectivity index (χ1) is 15.2. The molecule has 33 heavy (non-hydrogen) atoms. The van der Waals surface area contributed by atoms with Crippen LogP contribution in [0.5, 0.6) is 0 Å². The number of carboxylic acid groups (broad SMARTS) is 1. The van der Waals surface area contributed by atoms with Crippen LogP contribution in [0.4, 0.5) is 26.3 Å². The number of carbonyl (C=O) groups excluding carboxylic acids is 2. The molecule has 1 aromatic heterocycles. The molecule has 1 aliphatic rings. The van der Waals surface area contributed by atoms with Gasteiger partial charge in [-0.1, -0.05) is 30.3 Å². The van der Waals surface area contributed by atoms with Crippen LogP contribution in [0.1, 0.15) is 30.9 Å². The fourth-order valence-corrected chi connectivity index (χ4v) is 3.90. The SMILES string of the molecule is CN1CCN(C(=O)c2ccc(C(=O)C(F)(F)F)s2)CC1c1ccccc1.O=C(O)C(F)(F)F. The molecular formula is C20H18F6N2O4S. The summed E-state index contributed by atoms with van der Waals surface area (Å²) < 4.78 is 69.4. The second-order valence-electron chi connectivity index (χ2n) is 6.95. The van der Waals surface area contributed by atoms with Gasteiger partial charge in [-0.15, -0.1) is 11.3 Å². The summed E-state index contributed by atoms with van der Waals surface area (Å²) in [5.41, 5.74) is 1.08. The Bertz CT molecular complexity index is 990. The van der Waals surface area contributed by atoms with E-state index in [1.165, 1.54) is 6.07 Å². The lowest BCUT2D eigenvalue weighted by Crippen LogP contribution is -2.48. The van der Waals surface area contributed by atoms with E-state index in [1.54, 1.807) is 4.90 Å². The van der Waals surface area contributed by atoms with Crippen molar-refractivity contribution in [3.63, 3.8) is 0 Å². The van der Waals surface area contributed by atoms with Crippen LogP contribution in [-0.2, 0) is 4.79 Å². The van der Waals surface area contributed by atoms with Crippen LogP contribution < -0.4 is 0 Å². The first kappa shape index (κ1) is 26.3. The van der Waals surface area contributed by atoms with Crippen molar-refractivity contribution >= 4 is 29.0 Å². The van der Waals surface area contributed by atoms with E-state index in [0.29, 0.717) is 31.0 Å². The first-order valence-electron chi connectivity index (χ1n) is 9.27. The summed E-state index contributed by atoms with van der Waals surface area (Å²) in [6.07, 6.45) is -10.0. The number of carbonyl (C=O) groups is 3. The number of amides is 1. The second-order valence-corrected chi connectivity index (χ2v) is 8.04. The third kappa shape index (κ3) is 7.02. The lowest BCUT2D eigenvalue weighted by atomic mass is 10.0. The van der Waals surface area contributed by atoms with Gasteiger partial charge in [0, 0.05) is 19.6 Å². The summed E-state index contributed by atoms with van der Waals surface area (Å²) in [7, 11) is 1.98. The number of carboxylic acids is 1. The molecule has 1 amide bonds. The lowest BCUT2D eigenvalue weighted by molar-refractivity contribution is -0.192. The van der Waals surface area contributed by atoms with E-state index in [4.69, 9.17) is 9.90 Å². The summed E-state index contributed by atoms with van der Waals surface area (Å²) in [6, 6.07) is 12.1. The number of benzene rings is 1. The maximum Gasteiger partial charge on any atom is 0.490 e. The number of nitrogens with zero attached hydrogens (tertiary/aromatic N) is 2. The molecule has 0 bridgehead atoms. The maximum atomic E-state index is 12.7. The van der Waals surface area contributed by atoms with E-state index in [2.05, 4.69) is 4.90 Å². The highest BCUT2D eigenvalue weighted by atomic mass is 32.1. The van der Waals surface area contributed by atoms with Gasteiger partial charge in [-0.05, 0) is 24.7 Å². The largest absolute Gasteiger partial charge is 0.490 e. The molecule has 13 heteroatoms. The molecule has 1 aromatic carbocycles. The topological polar surface area (TPSA) is 77.9 Å². The quantitative estimate of drug-likeness (QED) is 0.508. The predicted molar refractivity (Wildman–Crippen MR) is 106 cm³/mol. The molecule has 1 unspecified atom stereocenters. The van der Waals surface area contributed by atoms with E-state index >= 15 is 0 Å². The molecule has 1 fully saturated rings. The molecule has 2 aromatic rings. The second kappa shape index (κ2) is 10.3. The zero-order valence-corrected chi connectivity index (χ0v) is 17.8. The van der Waals surface area contributed by atoms with Gasteiger partial charge in [-0.2, -0.15) is 26.3 Å². The normalized spacial score (nSPS) is 17.2. The van der Waals surface area contributed by atoms with E-state index in [9.17, 15) is 35.9 Å². The van der Waals surface area contributed by atoms with Gasteiger partial charge < -0.3 is 10.0 Å². The molecule has 3 rings (SSSR count). The Kier molecular flexibility index (Phi) is 8.25. The molecular weight excluding hydrogens is 478 g/mol. The number of hydrogen-bond donors (Lipinski definition) is 1. The Morgan fingerprint density at radius 2 is 1.45 bits per heavy atom. The van der Waals surface area contributed by atoms with E-state index in [0.717, 1.165) is 11.6 Å². The Balaban J connectivity index is 0.000000479. The summed E-state index contributed by atoms with van der Waals surface area (Å²) in [6.45, 7) is 1.59. The highest BCUT2D eigenvalue weighted by Gasteiger charge is 2.41. The summed E-state index contributed by atoms with van der Waals surface area (Å²) in [5.74, 6) is -5.01. The van der Waals surface area contributed by atoms with E-state index in [1.807, 2.05) is 37.4 Å². The van der Waals surface area contributed by atoms with Crippen molar-refractivity contribution < 1.29 is 45.8 Å². The third-order valence-electron chi connectivity index (χ3n) is 4.66. The van der Waals surface area contributed by atoms with Crippen LogP contribution in [0.3, 0.4) is 0 Å². The van der Waals surface area contributed by atoms with Crippen molar-refractivity contribution in [3.05, 3.63) is 57.8 Å². The number of halogens is 6. The molecule has 0 aliphatic carbocycles. The van der Waals surface area contributed by atoms with Crippen LogP contribution in [-0.4, -0.2) is 71.6 Å². The number of ketones is 1. The first-order valence-corrected chi connectivity index (χ1v) is 10.1. The van der Waals surface area contributed by atoms with Gasteiger partial charge in [0.05, 0.1) is 15.8 Å². The van der Waals surface area contributed by atoms with Crippen LogP contribution in [0.15, 0.2) is 42.5 Å². The smallest absolute Gasteiger partial charge is 0.475 e. The molecule has 0 saturated carbocycles. The molecule has 180 valence electrons. The monoisotopic (exact) mass is 496 g/mol. The minimum atomic E-state index is -5.08. The Hall–Kier alpha value is -2.93. The standard InChI is InChI=1S/C18H17F3N2O2S.C2HF3O2/c1-22-9-10-23(11-13(22)12-5-3-2-4-6-12)17(25)15-8-7-14(26-15)16(24)18(19,20)21;3-2(4,5)1(6)7/h2-8,13H,9-11H2,1H3;(H,6,7). The van der Waals surface area contributed by atoms with E-state index < -0.39 is 29.0 Å². The Morgan fingerprint density at radius 3 is 1.97 bits per heavy atom. The molecule has 1 N–H and O–H groups in total. The molecule has 2 heterocycles. The molecule has 6 nitrogen and oxygen atoms in total. The van der Waals surface area contributed by atoms with Crippen LogP contribution in [0.25, 0.3) is 0 Å².